The number of rotatable bonds is 13. The summed E-state index contributed by atoms with van der Waals surface area (Å²) in [7, 11) is 0. The fourth-order valence-corrected chi connectivity index (χ4v) is 2.45. The average Bonchev–Trinajstić information content (AvgIpc) is 3.07. The first-order valence-electron chi connectivity index (χ1n) is 8.05. The SMILES string of the molecule is CCCCCCCCCCCCCCC1OC1=O. The van der Waals surface area contributed by atoms with Gasteiger partial charge in [0.2, 0.25) is 0 Å². The van der Waals surface area contributed by atoms with Gasteiger partial charge in [-0.2, -0.15) is 0 Å². The third-order valence-corrected chi connectivity index (χ3v) is 3.78. The molecule has 1 saturated heterocycles. The normalized spacial score (nSPS) is 17.8. The summed E-state index contributed by atoms with van der Waals surface area (Å²) in [6.07, 6.45) is 17.3. The van der Waals surface area contributed by atoms with Gasteiger partial charge in [-0.15, -0.1) is 0 Å². The second kappa shape index (κ2) is 10.4. The fourth-order valence-electron chi connectivity index (χ4n) is 2.45. The van der Waals surface area contributed by atoms with Gasteiger partial charge in [0.1, 0.15) is 0 Å². The summed E-state index contributed by atoms with van der Waals surface area (Å²) >= 11 is 0. The molecule has 1 aliphatic rings. The largest absolute Gasteiger partial charge is 0.448 e. The van der Waals surface area contributed by atoms with Crippen LogP contribution in [0.4, 0.5) is 0 Å². The highest BCUT2D eigenvalue weighted by molar-refractivity contribution is 5.87. The molecule has 0 spiro atoms. The van der Waals surface area contributed by atoms with Crippen LogP contribution in [0.15, 0.2) is 0 Å². The van der Waals surface area contributed by atoms with E-state index in [1.165, 1.54) is 70.6 Å². The molecule has 0 bridgehead atoms. The van der Waals surface area contributed by atoms with E-state index in [2.05, 4.69) is 6.92 Å². The molecule has 1 heterocycles. The molecule has 1 atom stereocenters. The summed E-state index contributed by atoms with van der Waals surface area (Å²) in [5.74, 6) is 0.0121. The average molecular weight is 254 g/mol. The van der Waals surface area contributed by atoms with Crippen molar-refractivity contribution in [1.29, 1.82) is 0 Å². The smallest absolute Gasteiger partial charge is 0.348 e. The maximum absolute atomic E-state index is 10.6. The number of carbonyl (C=O) groups is 1. The van der Waals surface area contributed by atoms with Crippen LogP contribution in [0, 0.1) is 0 Å². The van der Waals surface area contributed by atoms with Crippen LogP contribution in [0.2, 0.25) is 0 Å². The van der Waals surface area contributed by atoms with Gasteiger partial charge >= 0.3 is 5.97 Å². The maximum atomic E-state index is 10.6. The van der Waals surface area contributed by atoms with Gasteiger partial charge < -0.3 is 4.74 Å². The summed E-state index contributed by atoms with van der Waals surface area (Å²) in [6.45, 7) is 2.27. The molecule has 1 rings (SSSR count). The molecule has 0 aromatic heterocycles. The minimum absolute atomic E-state index is 0.0121. The molecule has 1 unspecified atom stereocenters. The van der Waals surface area contributed by atoms with Crippen molar-refractivity contribution in [2.24, 2.45) is 0 Å². The Bertz CT molecular complexity index is 213. The van der Waals surface area contributed by atoms with Crippen molar-refractivity contribution in [2.45, 2.75) is 96.5 Å². The molecular weight excluding hydrogens is 224 g/mol. The number of hydrogen-bond donors (Lipinski definition) is 0. The van der Waals surface area contributed by atoms with Gasteiger partial charge in [-0.1, -0.05) is 77.6 Å². The van der Waals surface area contributed by atoms with Gasteiger partial charge in [0.15, 0.2) is 6.10 Å². The van der Waals surface area contributed by atoms with Crippen molar-refractivity contribution in [1.82, 2.24) is 0 Å². The third-order valence-electron chi connectivity index (χ3n) is 3.78. The Morgan fingerprint density at radius 3 is 1.56 bits per heavy atom. The molecule has 106 valence electrons. The molecule has 2 heteroatoms. The molecule has 18 heavy (non-hydrogen) atoms. The van der Waals surface area contributed by atoms with Crippen LogP contribution in [0.3, 0.4) is 0 Å². The van der Waals surface area contributed by atoms with E-state index in [0.717, 1.165) is 12.8 Å². The molecule has 0 aromatic rings. The van der Waals surface area contributed by atoms with Gasteiger partial charge in [-0.3, -0.25) is 0 Å². The van der Waals surface area contributed by atoms with Crippen LogP contribution >= 0.6 is 0 Å². The topological polar surface area (TPSA) is 29.6 Å². The van der Waals surface area contributed by atoms with Gasteiger partial charge in [-0.05, 0) is 12.8 Å². The summed E-state index contributed by atoms with van der Waals surface area (Å²) in [5.41, 5.74) is 0. The highest BCUT2D eigenvalue weighted by atomic mass is 16.6. The molecule has 0 N–H and O–H groups in total. The number of ether oxygens (including phenoxy) is 1. The van der Waals surface area contributed by atoms with Crippen molar-refractivity contribution in [3.8, 4) is 0 Å². The van der Waals surface area contributed by atoms with E-state index in [1.54, 1.807) is 0 Å². The zero-order chi connectivity index (χ0) is 13.1. The molecule has 1 fully saturated rings. The second-order valence-corrected chi connectivity index (χ2v) is 5.60. The van der Waals surface area contributed by atoms with E-state index < -0.39 is 0 Å². The van der Waals surface area contributed by atoms with Crippen LogP contribution in [0.5, 0.6) is 0 Å². The molecule has 1 aliphatic heterocycles. The third kappa shape index (κ3) is 8.54. The number of carbonyl (C=O) groups excluding carboxylic acids is 1. The van der Waals surface area contributed by atoms with Gasteiger partial charge in [0.25, 0.3) is 0 Å². The zero-order valence-corrected chi connectivity index (χ0v) is 12.1. The predicted octanol–water partition coefficient (Wildman–Crippen LogP) is 5.00. The molecule has 2 nitrogen and oxygen atoms in total. The standard InChI is InChI=1S/C16H30O2/c1-2-3-4-5-6-7-8-9-10-11-12-13-14-15-16(17)18-15/h15H,2-14H2,1H3. The van der Waals surface area contributed by atoms with Crippen molar-refractivity contribution in [2.75, 3.05) is 0 Å². The molecule has 0 aliphatic carbocycles. The molecule has 0 saturated carbocycles. The predicted molar refractivity (Wildman–Crippen MR) is 75.6 cm³/mol. The molecule has 0 aromatic carbocycles. The molecule has 0 amide bonds. The van der Waals surface area contributed by atoms with E-state index in [9.17, 15) is 4.79 Å². The number of cyclic esters (lactones) is 1. The summed E-state index contributed by atoms with van der Waals surface area (Å²) < 4.78 is 4.78. The lowest BCUT2D eigenvalue weighted by atomic mass is 10.0. The van der Waals surface area contributed by atoms with Gasteiger partial charge in [0.05, 0.1) is 0 Å². The van der Waals surface area contributed by atoms with E-state index in [-0.39, 0.29) is 12.1 Å². The number of epoxide rings is 1. The second-order valence-electron chi connectivity index (χ2n) is 5.60. The fraction of sp³-hybridized carbons (Fsp3) is 0.938. The Labute approximate surface area is 112 Å². The monoisotopic (exact) mass is 254 g/mol. The van der Waals surface area contributed by atoms with Crippen LogP contribution in [-0.4, -0.2) is 12.1 Å². The van der Waals surface area contributed by atoms with Crippen LogP contribution in [0.25, 0.3) is 0 Å². The van der Waals surface area contributed by atoms with Crippen molar-refractivity contribution >= 4 is 5.97 Å². The minimum atomic E-state index is -0.0203. The molecule has 0 radical (unpaired) electrons. The lowest BCUT2D eigenvalue weighted by Crippen LogP contribution is -1.88. The maximum Gasteiger partial charge on any atom is 0.348 e. The Hall–Kier alpha value is -0.530. The summed E-state index contributed by atoms with van der Waals surface area (Å²) in [4.78, 5) is 10.6. The zero-order valence-electron chi connectivity index (χ0n) is 12.1. The first kappa shape index (κ1) is 15.5. The lowest BCUT2D eigenvalue weighted by Gasteiger charge is -2.02. The highest BCUT2D eigenvalue weighted by Gasteiger charge is 2.36. The summed E-state index contributed by atoms with van der Waals surface area (Å²) in [6, 6.07) is 0. The van der Waals surface area contributed by atoms with Crippen LogP contribution < -0.4 is 0 Å². The quantitative estimate of drug-likeness (QED) is 0.342. The van der Waals surface area contributed by atoms with E-state index in [0.29, 0.717) is 0 Å². The summed E-state index contributed by atoms with van der Waals surface area (Å²) in [5, 5.41) is 0. The first-order chi connectivity index (χ1) is 8.84. The van der Waals surface area contributed by atoms with Crippen molar-refractivity contribution in [3.05, 3.63) is 0 Å². The molecular formula is C16H30O2. The van der Waals surface area contributed by atoms with Gasteiger partial charge in [0, 0.05) is 0 Å². The van der Waals surface area contributed by atoms with E-state index in [1.807, 2.05) is 0 Å². The Morgan fingerprint density at radius 1 is 0.778 bits per heavy atom. The van der Waals surface area contributed by atoms with Crippen LogP contribution in [0.1, 0.15) is 90.4 Å². The number of hydrogen-bond acceptors (Lipinski definition) is 2. The van der Waals surface area contributed by atoms with Crippen LogP contribution in [-0.2, 0) is 9.53 Å². The van der Waals surface area contributed by atoms with Crippen molar-refractivity contribution < 1.29 is 9.53 Å². The Balaban J connectivity index is 1.64. The van der Waals surface area contributed by atoms with Crippen molar-refractivity contribution in [3.63, 3.8) is 0 Å². The lowest BCUT2D eigenvalue weighted by molar-refractivity contribution is -0.117. The Kier molecular flexibility index (Phi) is 8.97. The first-order valence-corrected chi connectivity index (χ1v) is 8.05. The van der Waals surface area contributed by atoms with E-state index >= 15 is 0 Å². The van der Waals surface area contributed by atoms with Gasteiger partial charge in [-0.25, -0.2) is 4.79 Å². The van der Waals surface area contributed by atoms with E-state index in [4.69, 9.17) is 4.74 Å². The highest BCUT2D eigenvalue weighted by Crippen LogP contribution is 2.20. The number of unbranched alkanes of at least 4 members (excludes halogenated alkanes) is 11. The Morgan fingerprint density at radius 2 is 1.17 bits per heavy atom. The minimum Gasteiger partial charge on any atom is -0.448 e.